The summed E-state index contributed by atoms with van der Waals surface area (Å²) in [5, 5.41) is 8.96. The molecular formula is C14H20N2O3. The average molecular weight is 264 g/mol. The summed E-state index contributed by atoms with van der Waals surface area (Å²) in [6.45, 7) is 5.11. The Hall–Kier alpha value is -1.91. The number of amides is 1. The van der Waals surface area contributed by atoms with Crippen molar-refractivity contribution in [2.24, 2.45) is 11.8 Å². The fraction of sp³-hybridized carbons (Fsp3) is 0.500. The Labute approximate surface area is 113 Å². The van der Waals surface area contributed by atoms with Gasteiger partial charge in [0.1, 0.15) is 0 Å². The first-order chi connectivity index (χ1) is 8.86. The van der Waals surface area contributed by atoms with Crippen LogP contribution in [0.2, 0.25) is 0 Å². The lowest BCUT2D eigenvalue weighted by Crippen LogP contribution is -2.38. The summed E-state index contributed by atoms with van der Waals surface area (Å²) >= 11 is 0. The molecule has 0 fully saturated rings. The molecule has 3 unspecified atom stereocenters. The Morgan fingerprint density at radius 1 is 1.16 bits per heavy atom. The second-order valence-electron chi connectivity index (χ2n) is 4.82. The van der Waals surface area contributed by atoms with E-state index in [-0.39, 0.29) is 11.9 Å². The quantitative estimate of drug-likeness (QED) is 0.882. The molecule has 5 heteroatoms. The monoisotopic (exact) mass is 264 g/mol. The minimum absolute atomic E-state index is 0.112. The van der Waals surface area contributed by atoms with Gasteiger partial charge < -0.3 is 10.0 Å². The maximum atomic E-state index is 12.3. The third kappa shape index (κ3) is 3.53. The molecule has 0 saturated heterocycles. The number of nitrogens with zero attached hydrogens (tertiary/aromatic N) is 2. The van der Waals surface area contributed by atoms with Gasteiger partial charge in [-0.15, -0.1) is 0 Å². The highest BCUT2D eigenvalue weighted by atomic mass is 16.4. The Morgan fingerprint density at radius 3 is 2.16 bits per heavy atom. The van der Waals surface area contributed by atoms with Crippen LogP contribution in [0.1, 0.15) is 32.4 Å². The zero-order chi connectivity index (χ0) is 14.6. The minimum Gasteiger partial charge on any atom is -0.481 e. The maximum absolute atomic E-state index is 12.3. The topological polar surface area (TPSA) is 70.5 Å². The van der Waals surface area contributed by atoms with Gasteiger partial charge in [-0.25, -0.2) is 0 Å². The van der Waals surface area contributed by atoms with Crippen LogP contribution in [0.4, 0.5) is 0 Å². The number of carbonyl (C=O) groups is 2. The predicted octanol–water partition coefficient (Wildman–Crippen LogP) is 1.96. The number of rotatable bonds is 5. The van der Waals surface area contributed by atoms with Crippen molar-refractivity contribution in [3.05, 3.63) is 30.1 Å². The van der Waals surface area contributed by atoms with Crippen LogP contribution >= 0.6 is 0 Å². The molecule has 1 heterocycles. The second-order valence-corrected chi connectivity index (χ2v) is 4.82. The van der Waals surface area contributed by atoms with Crippen molar-refractivity contribution >= 4 is 11.9 Å². The molecule has 0 radical (unpaired) electrons. The van der Waals surface area contributed by atoms with Crippen LogP contribution in [0.5, 0.6) is 0 Å². The van der Waals surface area contributed by atoms with E-state index >= 15 is 0 Å². The van der Waals surface area contributed by atoms with Crippen LogP contribution < -0.4 is 0 Å². The van der Waals surface area contributed by atoms with Crippen molar-refractivity contribution in [2.45, 2.75) is 26.8 Å². The molecule has 0 saturated carbocycles. The van der Waals surface area contributed by atoms with Crippen molar-refractivity contribution in [1.29, 1.82) is 0 Å². The summed E-state index contributed by atoms with van der Waals surface area (Å²) in [6, 6.07) is 3.58. The number of carbonyl (C=O) groups excluding carboxylic acids is 1. The second kappa shape index (κ2) is 6.31. The Bertz CT molecular complexity index is 447. The zero-order valence-electron chi connectivity index (χ0n) is 11.7. The molecule has 0 spiro atoms. The van der Waals surface area contributed by atoms with Gasteiger partial charge in [0, 0.05) is 25.4 Å². The molecule has 1 aromatic heterocycles. The molecule has 1 amide bonds. The lowest BCUT2D eigenvalue weighted by molar-refractivity contribution is -0.149. The van der Waals surface area contributed by atoms with Gasteiger partial charge in [-0.05, 0) is 24.6 Å². The summed E-state index contributed by atoms with van der Waals surface area (Å²) < 4.78 is 0. The Balaban J connectivity index is 2.80. The van der Waals surface area contributed by atoms with E-state index in [2.05, 4.69) is 4.98 Å². The van der Waals surface area contributed by atoms with Crippen LogP contribution in [0.3, 0.4) is 0 Å². The summed E-state index contributed by atoms with van der Waals surface area (Å²) in [6.07, 6.45) is 3.35. The number of carboxylic acids is 1. The highest BCUT2D eigenvalue weighted by Gasteiger charge is 2.30. The standard InChI is InChI=1S/C14H20N2O3/c1-9(10(2)14(18)19)13(17)16(4)11(3)12-5-7-15-8-6-12/h5-11H,1-4H3,(H,18,19). The molecule has 0 aliphatic heterocycles. The molecule has 3 atom stereocenters. The molecule has 1 aromatic rings. The van der Waals surface area contributed by atoms with Gasteiger partial charge in [-0.3, -0.25) is 14.6 Å². The van der Waals surface area contributed by atoms with Crippen molar-refractivity contribution in [2.75, 3.05) is 7.05 Å². The third-order valence-electron chi connectivity index (χ3n) is 3.65. The van der Waals surface area contributed by atoms with Gasteiger partial charge in [0.25, 0.3) is 0 Å². The molecule has 5 nitrogen and oxygen atoms in total. The van der Waals surface area contributed by atoms with E-state index in [4.69, 9.17) is 5.11 Å². The van der Waals surface area contributed by atoms with E-state index in [9.17, 15) is 9.59 Å². The molecule has 1 rings (SSSR count). The third-order valence-corrected chi connectivity index (χ3v) is 3.65. The van der Waals surface area contributed by atoms with E-state index in [1.54, 1.807) is 38.2 Å². The maximum Gasteiger partial charge on any atom is 0.307 e. The molecule has 0 bridgehead atoms. The average Bonchev–Trinajstić information content (AvgIpc) is 2.44. The molecule has 0 aromatic carbocycles. The first kappa shape index (κ1) is 15.1. The van der Waals surface area contributed by atoms with E-state index in [1.165, 1.54) is 0 Å². The molecular weight excluding hydrogens is 244 g/mol. The lowest BCUT2D eigenvalue weighted by atomic mass is 9.94. The molecule has 19 heavy (non-hydrogen) atoms. The molecule has 0 aliphatic rings. The van der Waals surface area contributed by atoms with Crippen LogP contribution in [0.25, 0.3) is 0 Å². The summed E-state index contributed by atoms with van der Waals surface area (Å²) in [4.78, 5) is 28.7. The molecule has 104 valence electrons. The van der Waals surface area contributed by atoms with E-state index in [0.29, 0.717) is 0 Å². The zero-order valence-corrected chi connectivity index (χ0v) is 11.7. The van der Waals surface area contributed by atoms with Gasteiger partial charge in [0.15, 0.2) is 0 Å². The van der Waals surface area contributed by atoms with Gasteiger partial charge in [0.2, 0.25) is 5.91 Å². The van der Waals surface area contributed by atoms with Crippen molar-refractivity contribution in [3.8, 4) is 0 Å². The van der Waals surface area contributed by atoms with Crippen LogP contribution in [0, 0.1) is 11.8 Å². The van der Waals surface area contributed by atoms with E-state index < -0.39 is 17.8 Å². The smallest absolute Gasteiger partial charge is 0.307 e. The van der Waals surface area contributed by atoms with E-state index in [0.717, 1.165) is 5.56 Å². The minimum atomic E-state index is -0.953. The summed E-state index contributed by atoms with van der Waals surface area (Å²) in [5.41, 5.74) is 0.973. The predicted molar refractivity (Wildman–Crippen MR) is 71.4 cm³/mol. The largest absolute Gasteiger partial charge is 0.481 e. The Kier molecular flexibility index (Phi) is 5.03. The fourth-order valence-corrected chi connectivity index (χ4v) is 1.81. The number of pyridine rings is 1. The number of aliphatic carboxylic acids is 1. The summed E-state index contributed by atoms with van der Waals surface area (Å²) in [7, 11) is 1.69. The van der Waals surface area contributed by atoms with Crippen LogP contribution in [-0.4, -0.2) is 33.9 Å². The first-order valence-corrected chi connectivity index (χ1v) is 6.25. The lowest BCUT2D eigenvalue weighted by Gasteiger charge is -2.29. The number of hydrogen-bond donors (Lipinski definition) is 1. The van der Waals surface area contributed by atoms with Crippen molar-refractivity contribution in [3.63, 3.8) is 0 Å². The first-order valence-electron chi connectivity index (χ1n) is 6.25. The number of carboxylic acid groups (broad SMARTS) is 1. The van der Waals surface area contributed by atoms with Gasteiger partial charge in [-0.2, -0.15) is 0 Å². The van der Waals surface area contributed by atoms with Crippen molar-refractivity contribution in [1.82, 2.24) is 9.88 Å². The molecule has 0 aliphatic carbocycles. The number of aromatic nitrogens is 1. The summed E-state index contributed by atoms with van der Waals surface area (Å²) in [5.74, 6) is -2.36. The van der Waals surface area contributed by atoms with Gasteiger partial charge in [-0.1, -0.05) is 13.8 Å². The van der Waals surface area contributed by atoms with Crippen LogP contribution in [-0.2, 0) is 9.59 Å². The molecule has 1 N–H and O–H groups in total. The highest BCUT2D eigenvalue weighted by Crippen LogP contribution is 2.22. The van der Waals surface area contributed by atoms with Gasteiger partial charge in [0.05, 0.1) is 12.0 Å². The number of hydrogen-bond acceptors (Lipinski definition) is 3. The van der Waals surface area contributed by atoms with Crippen molar-refractivity contribution < 1.29 is 14.7 Å². The normalized spacial score (nSPS) is 15.4. The van der Waals surface area contributed by atoms with E-state index in [1.807, 2.05) is 19.1 Å². The van der Waals surface area contributed by atoms with Crippen LogP contribution in [0.15, 0.2) is 24.5 Å². The highest BCUT2D eigenvalue weighted by molar-refractivity contribution is 5.84. The SMILES string of the molecule is CC(C(=O)O)C(C)C(=O)N(C)C(C)c1ccncc1. The van der Waals surface area contributed by atoms with Gasteiger partial charge >= 0.3 is 5.97 Å². The Morgan fingerprint density at radius 2 is 1.68 bits per heavy atom. The fourth-order valence-electron chi connectivity index (χ4n) is 1.81.